The third kappa shape index (κ3) is 4.37. The molecule has 4 atom stereocenters. The molecule has 2 aliphatic carbocycles. The van der Waals surface area contributed by atoms with E-state index in [1.165, 1.54) is 0 Å². The van der Waals surface area contributed by atoms with Gasteiger partial charge < -0.3 is 20.1 Å². The molecule has 4 fully saturated rings. The van der Waals surface area contributed by atoms with Crippen LogP contribution < -0.4 is 5.32 Å². The van der Waals surface area contributed by atoms with Crippen molar-refractivity contribution in [3.8, 4) is 11.1 Å². The highest BCUT2D eigenvalue weighted by Crippen LogP contribution is 2.48. The number of hydrogen-bond acceptors (Lipinski definition) is 5. The number of fused-ring (bicyclic) bond motifs is 4. The highest BCUT2D eigenvalue weighted by molar-refractivity contribution is 5.92. The molecule has 0 aromatic heterocycles. The van der Waals surface area contributed by atoms with E-state index in [2.05, 4.69) is 34.5 Å². The number of rotatable bonds is 7. The lowest BCUT2D eigenvalue weighted by Gasteiger charge is -2.37. The number of carboxylic acid groups (broad SMARTS) is 1. The molecule has 2 bridgehead atoms. The maximum Gasteiger partial charge on any atom is 0.408 e. The van der Waals surface area contributed by atoms with Crippen molar-refractivity contribution in [3.05, 3.63) is 95.6 Å². The SMILES string of the molecule is O=C(NC1(C(=O)N2CC3CC2C3C(=O)O)CCN(Cc2ccccc2)C1)OCC1c2ccccc2-c2ccccc21. The number of ether oxygens (including phenoxy) is 1. The summed E-state index contributed by atoms with van der Waals surface area (Å²) in [7, 11) is 0. The number of carbonyl (C=O) groups excluding carboxylic acids is 2. The number of nitrogens with one attached hydrogen (secondary N) is 1. The Labute approximate surface area is 238 Å². The van der Waals surface area contributed by atoms with E-state index in [0.29, 0.717) is 39.0 Å². The van der Waals surface area contributed by atoms with Gasteiger partial charge in [-0.05, 0) is 46.6 Å². The average molecular weight is 552 g/mol. The number of aliphatic carboxylic acids is 1. The first-order valence-electron chi connectivity index (χ1n) is 14.4. The molecule has 8 nitrogen and oxygen atoms in total. The molecule has 8 heteroatoms. The maximum atomic E-state index is 14.1. The lowest BCUT2D eigenvalue weighted by Crippen LogP contribution is -2.62. The quantitative estimate of drug-likeness (QED) is 0.459. The van der Waals surface area contributed by atoms with Crippen molar-refractivity contribution >= 4 is 18.0 Å². The van der Waals surface area contributed by atoms with Gasteiger partial charge in [-0.15, -0.1) is 0 Å². The van der Waals surface area contributed by atoms with Crippen LogP contribution in [0.3, 0.4) is 0 Å². The van der Waals surface area contributed by atoms with Crippen molar-refractivity contribution in [3.63, 3.8) is 0 Å². The smallest absolute Gasteiger partial charge is 0.408 e. The van der Waals surface area contributed by atoms with Crippen molar-refractivity contribution in [1.29, 1.82) is 0 Å². The molecule has 41 heavy (non-hydrogen) atoms. The lowest BCUT2D eigenvalue weighted by molar-refractivity contribution is -0.149. The van der Waals surface area contributed by atoms with Crippen LogP contribution in [0.25, 0.3) is 11.1 Å². The van der Waals surface area contributed by atoms with E-state index in [0.717, 1.165) is 27.8 Å². The summed E-state index contributed by atoms with van der Waals surface area (Å²) in [4.78, 5) is 43.2. The van der Waals surface area contributed by atoms with Crippen molar-refractivity contribution in [2.45, 2.75) is 36.9 Å². The summed E-state index contributed by atoms with van der Waals surface area (Å²) in [5.74, 6) is -1.67. The summed E-state index contributed by atoms with van der Waals surface area (Å²) in [5.41, 5.74) is 4.51. The van der Waals surface area contributed by atoms with Crippen molar-refractivity contribution in [1.82, 2.24) is 15.1 Å². The molecule has 8 rings (SSSR count). The van der Waals surface area contributed by atoms with Gasteiger partial charge in [-0.1, -0.05) is 78.9 Å². The third-order valence-electron chi connectivity index (χ3n) is 9.54. The number of alkyl carbamates (subject to hydrolysis) is 1. The van der Waals surface area contributed by atoms with Crippen LogP contribution in [0.5, 0.6) is 0 Å². The molecule has 5 aliphatic rings. The number of benzene rings is 3. The third-order valence-corrected chi connectivity index (χ3v) is 9.54. The number of carboxylic acids is 1. The Morgan fingerprint density at radius 3 is 2.24 bits per heavy atom. The average Bonchev–Trinajstić information content (AvgIpc) is 3.74. The zero-order valence-electron chi connectivity index (χ0n) is 22.7. The molecule has 3 heterocycles. The van der Waals surface area contributed by atoms with E-state index >= 15 is 0 Å². The Kier molecular flexibility index (Phi) is 6.31. The fourth-order valence-electron chi connectivity index (χ4n) is 7.52. The Bertz CT molecular complexity index is 1460. The number of hydrogen-bond donors (Lipinski definition) is 2. The van der Waals surface area contributed by atoms with Crippen LogP contribution in [0.4, 0.5) is 4.79 Å². The molecule has 210 valence electrons. The predicted molar refractivity (Wildman–Crippen MR) is 152 cm³/mol. The van der Waals surface area contributed by atoms with Crippen molar-refractivity contribution < 1.29 is 24.2 Å². The fraction of sp³-hybridized carbons (Fsp3) is 0.364. The molecular formula is C33H33N3O5. The van der Waals surface area contributed by atoms with Crippen LogP contribution in [0.15, 0.2) is 78.9 Å². The topological polar surface area (TPSA) is 99.2 Å². The Hall–Kier alpha value is -4.17. The molecule has 3 saturated heterocycles. The largest absolute Gasteiger partial charge is 0.481 e. The van der Waals surface area contributed by atoms with Crippen LogP contribution in [0, 0.1) is 11.8 Å². The summed E-state index contributed by atoms with van der Waals surface area (Å²) in [5, 5.41) is 12.7. The van der Waals surface area contributed by atoms with Crippen molar-refractivity contribution in [2.75, 3.05) is 26.2 Å². The monoisotopic (exact) mass is 551 g/mol. The predicted octanol–water partition coefficient (Wildman–Crippen LogP) is 4.10. The second-order valence-corrected chi connectivity index (χ2v) is 11.9. The van der Waals surface area contributed by atoms with Gasteiger partial charge in [0.25, 0.3) is 0 Å². The zero-order valence-corrected chi connectivity index (χ0v) is 22.7. The first kappa shape index (κ1) is 25.8. The first-order chi connectivity index (χ1) is 19.9. The van der Waals surface area contributed by atoms with Gasteiger partial charge in [0.2, 0.25) is 5.91 Å². The second kappa shape index (κ2) is 10.0. The van der Waals surface area contributed by atoms with Gasteiger partial charge in [0.15, 0.2) is 0 Å². The summed E-state index contributed by atoms with van der Waals surface area (Å²) in [6, 6.07) is 26.1. The van der Waals surface area contributed by atoms with Gasteiger partial charge in [0.1, 0.15) is 12.1 Å². The van der Waals surface area contributed by atoms with Gasteiger partial charge in [0.05, 0.1) is 5.92 Å². The standard InChI is InChI=1S/C33H33N3O5/c37-30(38)29-22-16-28(29)36(18-22)31(39)33(14-15-35(20-33)17-21-8-2-1-3-9-21)34-32(40)41-19-27-25-12-6-4-10-23(25)24-11-5-7-13-26(24)27/h1-13,22,27-29H,14-20H2,(H,34,40)(H,37,38). The Morgan fingerprint density at radius 1 is 0.927 bits per heavy atom. The summed E-state index contributed by atoms with van der Waals surface area (Å²) >= 11 is 0. The molecule has 0 spiro atoms. The molecule has 0 radical (unpaired) electrons. The van der Waals surface area contributed by atoms with Crippen LogP contribution >= 0.6 is 0 Å². The summed E-state index contributed by atoms with van der Waals surface area (Å²) in [6.07, 6.45) is 0.523. The Morgan fingerprint density at radius 2 is 1.59 bits per heavy atom. The Balaban J connectivity index is 1.09. The van der Waals surface area contributed by atoms with E-state index < -0.39 is 23.5 Å². The molecule has 3 aliphatic heterocycles. The summed E-state index contributed by atoms with van der Waals surface area (Å²) in [6.45, 7) is 2.22. The van der Waals surface area contributed by atoms with Gasteiger partial charge in [-0.2, -0.15) is 0 Å². The molecular weight excluding hydrogens is 518 g/mol. The highest BCUT2D eigenvalue weighted by atomic mass is 16.5. The number of nitrogens with zero attached hydrogens (tertiary/aromatic N) is 2. The molecule has 4 unspecified atom stereocenters. The van der Waals surface area contributed by atoms with E-state index in [9.17, 15) is 19.5 Å². The number of amides is 2. The molecule has 2 N–H and O–H groups in total. The minimum absolute atomic E-state index is 0.0187. The van der Waals surface area contributed by atoms with Crippen LogP contribution in [-0.2, 0) is 20.9 Å². The summed E-state index contributed by atoms with van der Waals surface area (Å²) < 4.78 is 5.86. The second-order valence-electron chi connectivity index (χ2n) is 11.9. The van der Waals surface area contributed by atoms with Gasteiger partial charge in [-0.25, -0.2) is 4.79 Å². The van der Waals surface area contributed by atoms with Crippen molar-refractivity contribution in [2.24, 2.45) is 11.8 Å². The van der Waals surface area contributed by atoms with Gasteiger partial charge in [0, 0.05) is 38.1 Å². The first-order valence-corrected chi connectivity index (χ1v) is 14.4. The van der Waals surface area contributed by atoms with E-state index in [1.807, 2.05) is 54.6 Å². The minimum Gasteiger partial charge on any atom is -0.481 e. The van der Waals surface area contributed by atoms with Gasteiger partial charge in [-0.3, -0.25) is 14.5 Å². The highest BCUT2D eigenvalue weighted by Gasteiger charge is 2.60. The van der Waals surface area contributed by atoms with Crippen LogP contribution in [0.2, 0.25) is 0 Å². The molecule has 1 saturated carbocycles. The lowest BCUT2D eigenvalue weighted by atomic mass is 9.74. The van der Waals surface area contributed by atoms with Gasteiger partial charge >= 0.3 is 12.1 Å². The minimum atomic E-state index is -1.17. The molecule has 2 amide bonds. The molecule has 3 aromatic carbocycles. The number of likely N-dealkylation sites (tertiary alicyclic amines) is 1. The fourth-order valence-corrected chi connectivity index (χ4v) is 7.52. The molecule has 3 aromatic rings. The number of carbonyl (C=O) groups is 3. The maximum absolute atomic E-state index is 14.1. The zero-order chi connectivity index (χ0) is 28.1. The van der Waals surface area contributed by atoms with E-state index in [-0.39, 0.29) is 30.4 Å². The van der Waals surface area contributed by atoms with Crippen LogP contribution in [0.1, 0.15) is 35.4 Å². The van der Waals surface area contributed by atoms with E-state index in [1.54, 1.807) is 4.90 Å². The van der Waals surface area contributed by atoms with Crippen LogP contribution in [-0.4, -0.2) is 70.7 Å². The van der Waals surface area contributed by atoms with E-state index in [4.69, 9.17) is 4.74 Å². The normalized spacial score (nSPS) is 26.2.